The molecule has 112 valence electrons. The van der Waals surface area contributed by atoms with Crippen molar-refractivity contribution in [1.82, 2.24) is 4.90 Å². The molecular weight excluding hydrogens is 284 g/mol. The third kappa shape index (κ3) is 2.48. The molecule has 0 aromatic carbocycles. The van der Waals surface area contributed by atoms with Crippen LogP contribution in [0, 0.1) is 11.3 Å². The molecule has 1 aliphatic carbocycles. The van der Waals surface area contributed by atoms with E-state index >= 15 is 0 Å². The van der Waals surface area contributed by atoms with Crippen molar-refractivity contribution in [1.29, 1.82) is 0 Å². The van der Waals surface area contributed by atoms with Gasteiger partial charge in [-0.2, -0.15) is 11.3 Å². The highest BCUT2D eigenvalue weighted by Crippen LogP contribution is 2.43. The second-order valence-corrected chi connectivity index (χ2v) is 7.63. The average Bonchev–Trinajstić information content (AvgIpc) is 2.92. The number of amides is 2. The fraction of sp³-hybridized carbons (Fsp3) is 0.625. The summed E-state index contributed by atoms with van der Waals surface area (Å²) in [5.41, 5.74) is 1.02. The van der Waals surface area contributed by atoms with Crippen LogP contribution < -0.4 is 4.90 Å². The number of hydrogen-bond donors (Lipinski definition) is 0. The van der Waals surface area contributed by atoms with E-state index in [4.69, 9.17) is 0 Å². The summed E-state index contributed by atoms with van der Waals surface area (Å²) in [6.45, 7) is 2.37. The van der Waals surface area contributed by atoms with E-state index in [1.54, 1.807) is 11.3 Å². The number of carbonyl (C=O) groups excluding carboxylic acids is 2. The average molecular weight is 304 g/mol. The third-order valence-corrected chi connectivity index (χ3v) is 5.76. The molecule has 2 aliphatic heterocycles. The van der Waals surface area contributed by atoms with Crippen molar-refractivity contribution in [3.05, 3.63) is 16.8 Å². The molecule has 0 bridgehead atoms. The molecule has 2 saturated heterocycles. The Morgan fingerprint density at radius 2 is 2.24 bits per heavy atom. The molecule has 1 saturated carbocycles. The summed E-state index contributed by atoms with van der Waals surface area (Å²) >= 11 is 1.62. The molecular formula is C16H20N2O2S. The van der Waals surface area contributed by atoms with Gasteiger partial charge in [0.2, 0.25) is 11.8 Å². The number of rotatable bonds is 3. The van der Waals surface area contributed by atoms with E-state index in [9.17, 15) is 9.59 Å². The number of likely N-dealkylation sites (tertiary alicyclic amines) is 1. The van der Waals surface area contributed by atoms with Gasteiger partial charge >= 0.3 is 0 Å². The van der Waals surface area contributed by atoms with E-state index in [1.165, 1.54) is 12.8 Å². The van der Waals surface area contributed by atoms with Crippen molar-refractivity contribution in [3.63, 3.8) is 0 Å². The molecule has 4 rings (SSSR count). The zero-order valence-corrected chi connectivity index (χ0v) is 12.9. The van der Waals surface area contributed by atoms with Gasteiger partial charge in [0.15, 0.2) is 0 Å². The van der Waals surface area contributed by atoms with Crippen LogP contribution >= 0.6 is 11.3 Å². The van der Waals surface area contributed by atoms with Gasteiger partial charge in [-0.1, -0.05) is 0 Å². The molecule has 0 N–H and O–H groups in total. The molecule has 1 aromatic rings. The van der Waals surface area contributed by atoms with Gasteiger partial charge in [0, 0.05) is 43.3 Å². The van der Waals surface area contributed by atoms with E-state index in [1.807, 2.05) is 26.6 Å². The quantitative estimate of drug-likeness (QED) is 0.861. The van der Waals surface area contributed by atoms with Crippen LogP contribution in [-0.2, 0) is 9.59 Å². The highest BCUT2D eigenvalue weighted by molar-refractivity contribution is 7.08. The van der Waals surface area contributed by atoms with Crippen LogP contribution in [0.4, 0.5) is 5.69 Å². The molecule has 3 aliphatic rings. The summed E-state index contributed by atoms with van der Waals surface area (Å²) in [7, 11) is 0. The van der Waals surface area contributed by atoms with Gasteiger partial charge in [0.1, 0.15) is 0 Å². The van der Waals surface area contributed by atoms with Crippen LogP contribution in [0.25, 0.3) is 0 Å². The van der Waals surface area contributed by atoms with Gasteiger partial charge in [-0.25, -0.2) is 0 Å². The van der Waals surface area contributed by atoms with Crippen LogP contribution in [-0.4, -0.2) is 36.3 Å². The highest BCUT2D eigenvalue weighted by Gasteiger charge is 2.49. The summed E-state index contributed by atoms with van der Waals surface area (Å²) in [5.74, 6) is 1.15. The van der Waals surface area contributed by atoms with Crippen molar-refractivity contribution in [3.8, 4) is 0 Å². The molecule has 3 fully saturated rings. The van der Waals surface area contributed by atoms with E-state index in [-0.39, 0.29) is 11.3 Å². The normalized spacial score (nSPS) is 28.9. The Morgan fingerprint density at radius 1 is 1.38 bits per heavy atom. The molecule has 0 radical (unpaired) electrons. The topological polar surface area (TPSA) is 40.6 Å². The summed E-state index contributed by atoms with van der Waals surface area (Å²) < 4.78 is 0. The Morgan fingerprint density at radius 3 is 2.95 bits per heavy atom. The lowest BCUT2D eigenvalue weighted by atomic mass is 9.86. The van der Waals surface area contributed by atoms with E-state index < -0.39 is 0 Å². The second kappa shape index (κ2) is 4.83. The first-order valence-electron chi connectivity index (χ1n) is 7.76. The maximum atomic E-state index is 12.3. The lowest BCUT2D eigenvalue weighted by molar-refractivity contribution is -0.131. The third-order valence-electron chi connectivity index (χ3n) is 5.09. The van der Waals surface area contributed by atoms with Crippen LogP contribution in [0.3, 0.4) is 0 Å². The number of anilines is 1. The SMILES string of the molecule is O=C(CC1CC1)N1CC[C@]2(CC(=O)N(c3ccsc3)C2)C1. The number of nitrogens with zero attached hydrogens (tertiary/aromatic N) is 2. The van der Waals surface area contributed by atoms with Crippen molar-refractivity contribution in [2.75, 3.05) is 24.5 Å². The van der Waals surface area contributed by atoms with Crippen molar-refractivity contribution >= 4 is 28.8 Å². The zero-order chi connectivity index (χ0) is 14.4. The fourth-order valence-electron chi connectivity index (χ4n) is 3.66. The highest BCUT2D eigenvalue weighted by atomic mass is 32.1. The first-order chi connectivity index (χ1) is 10.2. The van der Waals surface area contributed by atoms with Crippen LogP contribution in [0.5, 0.6) is 0 Å². The van der Waals surface area contributed by atoms with Crippen LogP contribution in [0.2, 0.25) is 0 Å². The maximum Gasteiger partial charge on any atom is 0.227 e. The van der Waals surface area contributed by atoms with Crippen molar-refractivity contribution in [2.45, 2.75) is 32.1 Å². The number of carbonyl (C=O) groups is 2. The van der Waals surface area contributed by atoms with Crippen molar-refractivity contribution in [2.24, 2.45) is 11.3 Å². The molecule has 1 atom stereocenters. The summed E-state index contributed by atoms with van der Waals surface area (Å²) in [4.78, 5) is 28.5. The second-order valence-electron chi connectivity index (χ2n) is 6.85. The lowest BCUT2D eigenvalue weighted by Crippen LogP contribution is -2.34. The smallest absolute Gasteiger partial charge is 0.227 e. The van der Waals surface area contributed by atoms with Gasteiger partial charge in [-0.05, 0) is 36.6 Å². The number of thiophene rings is 1. The van der Waals surface area contributed by atoms with Gasteiger partial charge in [0.25, 0.3) is 0 Å². The molecule has 1 aromatic heterocycles. The first kappa shape index (κ1) is 13.3. The Balaban J connectivity index is 1.44. The standard InChI is InChI=1S/C16H20N2O2S/c19-14(7-12-1-2-12)17-5-4-16(10-17)8-15(20)18(11-16)13-3-6-21-9-13/h3,6,9,12H,1-2,4-5,7-8,10-11H2/t16-/m0/s1. The predicted octanol–water partition coefficient (Wildman–Crippen LogP) is 2.50. The Labute approximate surface area is 128 Å². The Kier molecular flexibility index (Phi) is 3.06. The lowest BCUT2D eigenvalue weighted by Gasteiger charge is -2.24. The molecule has 3 heterocycles. The van der Waals surface area contributed by atoms with E-state index in [2.05, 4.69) is 0 Å². The minimum absolute atomic E-state index is 0.00176. The Hall–Kier alpha value is -1.36. The minimum Gasteiger partial charge on any atom is -0.342 e. The van der Waals surface area contributed by atoms with E-state index in [0.717, 1.165) is 38.2 Å². The molecule has 1 spiro atoms. The summed E-state index contributed by atoms with van der Waals surface area (Å²) in [5, 5.41) is 4.04. The maximum absolute atomic E-state index is 12.3. The monoisotopic (exact) mass is 304 g/mol. The first-order valence-corrected chi connectivity index (χ1v) is 8.70. The molecule has 2 amide bonds. The summed E-state index contributed by atoms with van der Waals surface area (Å²) in [6.07, 6.45) is 4.72. The van der Waals surface area contributed by atoms with Crippen LogP contribution in [0.1, 0.15) is 32.1 Å². The molecule has 4 nitrogen and oxygen atoms in total. The van der Waals surface area contributed by atoms with Gasteiger partial charge in [-0.15, -0.1) is 0 Å². The molecule has 5 heteroatoms. The summed E-state index contributed by atoms with van der Waals surface area (Å²) in [6, 6.07) is 2.01. The fourth-order valence-corrected chi connectivity index (χ4v) is 4.30. The van der Waals surface area contributed by atoms with Gasteiger partial charge < -0.3 is 9.80 Å². The van der Waals surface area contributed by atoms with E-state index in [0.29, 0.717) is 18.2 Å². The Bertz CT molecular complexity index is 567. The molecule has 21 heavy (non-hydrogen) atoms. The zero-order valence-electron chi connectivity index (χ0n) is 12.1. The van der Waals surface area contributed by atoms with Crippen LogP contribution in [0.15, 0.2) is 16.8 Å². The molecule has 0 unspecified atom stereocenters. The minimum atomic E-state index is -0.00176. The van der Waals surface area contributed by atoms with Crippen molar-refractivity contribution < 1.29 is 9.59 Å². The predicted molar refractivity (Wildman–Crippen MR) is 82.3 cm³/mol. The largest absolute Gasteiger partial charge is 0.342 e. The van der Waals surface area contributed by atoms with Gasteiger partial charge in [0.05, 0.1) is 5.69 Å². The van der Waals surface area contributed by atoms with Gasteiger partial charge in [-0.3, -0.25) is 9.59 Å². The number of hydrogen-bond acceptors (Lipinski definition) is 3.